The lowest BCUT2D eigenvalue weighted by atomic mass is 9.93. The van der Waals surface area contributed by atoms with Crippen LogP contribution in [0.4, 0.5) is 9.59 Å². The summed E-state index contributed by atoms with van der Waals surface area (Å²) in [6, 6.07) is 16.8. The van der Waals surface area contributed by atoms with Crippen molar-refractivity contribution in [2.45, 2.75) is 97.2 Å². The summed E-state index contributed by atoms with van der Waals surface area (Å²) in [7, 11) is 0. The molecule has 2 aromatic heterocycles. The second-order valence-electron chi connectivity index (χ2n) is 13.2. The molecule has 0 bridgehead atoms. The molecule has 2 aromatic carbocycles. The van der Waals surface area contributed by atoms with Gasteiger partial charge in [0.05, 0.1) is 39.8 Å². The Morgan fingerprint density at radius 3 is 2.14 bits per heavy atom. The molecule has 4 aromatic rings. The highest BCUT2D eigenvalue weighted by atomic mass is 32.1. The number of amides is 4. The maximum atomic E-state index is 14.0. The number of nitrogens with one attached hydrogen (secondary N) is 3. The maximum Gasteiger partial charge on any atom is 0.407 e. The summed E-state index contributed by atoms with van der Waals surface area (Å²) in [6.07, 6.45) is 0.895. The van der Waals surface area contributed by atoms with Crippen molar-refractivity contribution in [2.75, 3.05) is 6.54 Å². The molecule has 2 heterocycles. The number of carbonyl (C=O) groups excluding carboxylic acids is 3. The molecule has 0 aliphatic carbocycles. The standard InChI is InChI=1S/C38H50N6O5S2/c1-6-44(21-30-23-50-36(40-30)26(4)5)37(47)43-34(25(2)3)35(46)42-32(18-28-15-11-8-12-16-28)33(45)19-29(17-27-13-9-7-10-14-27)41-38(48)49-22-31-20-39-24-51-31/h7-16,20,23-26,29,32-34,45H,6,17-19,21-22H2,1-5H3,(H,41,48)(H,42,46)(H,43,47)/t29-,32-,33-,34?/m0/s1. The van der Waals surface area contributed by atoms with Crippen LogP contribution in [0.15, 0.2) is 77.8 Å². The van der Waals surface area contributed by atoms with Gasteiger partial charge in [0, 0.05) is 30.1 Å². The molecule has 1 unspecified atom stereocenters. The van der Waals surface area contributed by atoms with E-state index in [1.807, 2.05) is 86.8 Å². The topological polar surface area (TPSA) is 146 Å². The van der Waals surface area contributed by atoms with Gasteiger partial charge in [-0.1, -0.05) is 88.4 Å². The van der Waals surface area contributed by atoms with Crippen LogP contribution >= 0.6 is 22.7 Å². The van der Waals surface area contributed by atoms with E-state index in [9.17, 15) is 19.5 Å². The van der Waals surface area contributed by atoms with Crippen LogP contribution in [0.1, 0.15) is 73.7 Å². The zero-order chi connectivity index (χ0) is 36.8. The highest BCUT2D eigenvalue weighted by Crippen LogP contribution is 2.20. The highest BCUT2D eigenvalue weighted by Gasteiger charge is 2.32. The number of hydrogen-bond donors (Lipinski definition) is 4. The Bertz CT molecular complexity index is 1630. The molecule has 0 aliphatic heterocycles. The van der Waals surface area contributed by atoms with Gasteiger partial charge < -0.3 is 30.7 Å². The van der Waals surface area contributed by atoms with Gasteiger partial charge in [-0.15, -0.1) is 22.7 Å². The van der Waals surface area contributed by atoms with Crippen molar-refractivity contribution in [1.29, 1.82) is 0 Å². The van der Waals surface area contributed by atoms with Gasteiger partial charge >= 0.3 is 12.1 Å². The number of urea groups is 1. The minimum absolute atomic E-state index is 0.0876. The number of benzene rings is 2. The Balaban J connectivity index is 1.48. The summed E-state index contributed by atoms with van der Waals surface area (Å²) in [4.78, 5) is 51.5. The third kappa shape index (κ3) is 12.7. The molecule has 4 atom stereocenters. The van der Waals surface area contributed by atoms with Crippen molar-refractivity contribution in [1.82, 2.24) is 30.8 Å². The van der Waals surface area contributed by atoms with E-state index in [1.54, 1.807) is 27.9 Å². The Hall–Kier alpha value is -4.33. The van der Waals surface area contributed by atoms with E-state index in [1.165, 1.54) is 11.3 Å². The molecule has 51 heavy (non-hydrogen) atoms. The fraction of sp³-hybridized carbons (Fsp3) is 0.447. The number of carbonyl (C=O) groups is 3. The number of rotatable bonds is 18. The van der Waals surface area contributed by atoms with Crippen molar-refractivity contribution in [3.63, 3.8) is 0 Å². The molecule has 0 saturated carbocycles. The summed E-state index contributed by atoms with van der Waals surface area (Å²) < 4.78 is 5.45. The van der Waals surface area contributed by atoms with Gasteiger partial charge in [0.1, 0.15) is 12.6 Å². The number of thiazole rings is 2. The fourth-order valence-electron chi connectivity index (χ4n) is 5.57. The molecule has 274 valence electrons. The molecule has 0 radical (unpaired) electrons. The van der Waals surface area contributed by atoms with Crippen molar-refractivity contribution in [3.8, 4) is 0 Å². The number of aliphatic hydroxyl groups is 1. The molecule has 11 nitrogen and oxygen atoms in total. The number of alkyl carbamates (subject to hydrolysis) is 1. The van der Waals surface area contributed by atoms with Gasteiger partial charge in [-0.05, 0) is 43.2 Å². The SMILES string of the molecule is CCN(Cc1csc(C(C)C)n1)C(=O)NC(C(=O)N[C@@H](Cc1ccccc1)[C@@H](O)C[C@H](Cc1ccccc1)NC(=O)OCc1cncs1)C(C)C. The zero-order valence-electron chi connectivity index (χ0n) is 30.0. The molecule has 0 fully saturated rings. The minimum atomic E-state index is -1.06. The maximum absolute atomic E-state index is 14.0. The summed E-state index contributed by atoms with van der Waals surface area (Å²) in [5.74, 6) is -0.343. The van der Waals surface area contributed by atoms with Crippen LogP contribution in [0.25, 0.3) is 0 Å². The normalized spacial score (nSPS) is 13.6. The molecular formula is C38H50N6O5S2. The Morgan fingerprint density at radius 2 is 1.57 bits per heavy atom. The van der Waals surface area contributed by atoms with Gasteiger partial charge in [-0.25, -0.2) is 14.6 Å². The van der Waals surface area contributed by atoms with E-state index in [4.69, 9.17) is 4.74 Å². The van der Waals surface area contributed by atoms with Crippen LogP contribution in [0, 0.1) is 5.92 Å². The van der Waals surface area contributed by atoms with Gasteiger partial charge in [0.25, 0.3) is 0 Å². The van der Waals surface area contributed by atoms with Gasteiger partial charge in [-0.3, -0.25) is 9.78 Å². The molecular weight excluding hydrogens is 685 g/mol. The first-order chi connectivity index (χ1) is 24.5. The first kappa shape index (κ1) is 39.5. The predicted molar refractivity (Wildman–Crippen MR) is 202 cm³/mol. The van der Waals surface area contributed by atoms with E-state index >= 15 is 0 Å². The fourth-order valence-corrected chi connectivity index (χ4v) is 6.90. The number of hydrogen-bond acceptors (Lipinski definition) is 9. The Kier molecular flexibility index (Phi) is 15.4. The van der Waals surface area contributed by atoms with Crippen LogP contribution in [-0.2, 0) is 35.5 Å². The molecule has 4 N–H and O–H groups in total. The average molecular weight is 735 g/mol. The Morgan fingerprint density at radius 1 is 0.902 bits per heavy atom. The van der Waals surface area contributed by atoms with E-state index in [0.29, 0.717) is 31.8 Å². The van der Waals surface area contributed by atoms with Crippen LogP contribution < -0.4 is 16.0 Å². The first-order valence-electron chi connectivity index (χ1n) is 17.4. The summed E-state index contributed by atoms with van der Waals surface area (Å²) >= 11 is 2.97. The van der Waals surface area contributed by atoms with Crippen molar-refractivity contribution >= 4 is 40.7 Å². The number of nitrogens with zero attached hydrogens (tertiary/aromatic N) is 3. The Labute approximate surface area is 308 Å². The zero-order valence-corrected chi connectivity index (χ0v) is 31.6. The lowest BCUT2D eigenvalue weighted by Crippen LogP contribution is -2.57. The third-order valence-electron chi connectivity index (χ3n) is 8.41. The molecule has 0 aliphatic rings. The van der Waals surface area contributed by atoms with Gasteiger partial charge in [0.2, 0.25) is 5.91 Å². The van der Waals surface area contributed by atoms with Gasteiger partial charge in [-0.2, -0.15) is 0 Å². The van der Waals surface area contributed by atoms with Crippen LogP contribution in [-0.4, -0.2) is 68.8 Å². The van der Waals surface area contributed by atoms with Crippen molar-refractivity contribution < 1.29 is 24.2 Å². The van der Waals surface area contributed by atoms with Crippen molar-refractivity contribution in [3.05, 3.63) is 104 Å². The lowest BCUT2D eigenvalue weighted by molar-refractivity contribution is -0.125. The first-order valence-corrected chi connectivity index (χ1v) is 19.1. The van der Waals surface area contributed by atoms with Gasteiger partial charge in [0.15, 0.2) is 0 Å². The van der Waals surface area contributed by atoms with E-state index in [2.05, 4.69) is 39.8 Å². The lowest BCUT2D eigenvalue weighted by Gasteiger charge is -2.31. The second-order valence-corrected chi connectivity index (χ2v) is 15.1. The summed E-state index contributed by atoms with van der Waals surface area (Å²) in [5, 5.41) is 23.7. The monoisotopic (exact) mass is 734 g/mol. The molecule has 4 amide bonds. The molecule has 4 rings (SSSR count). The number of aliphatic hydroxyl groups excluding tert-OH is 1. The van der Waals surface area contributed by atoms with E-state index in [-0.39, 0.29) is 25.0 Å². The minimum Gasteiger partial charge on any atom is -0.444 e. The van der Waals surface area contributed by atoms with Crippen LogP contribution in [0.2, 0.25) is 0 Å². The predicted octanol–water partition coefficient (Wildman–Crippen LogP) is 6.30. The quantitative estimate of drug-likeness (QED) is 0.0940. The van der Waals surface area contributed by atoms with E-state index < -0.39 is 36.2 Å². The highest BCUT2D eigenvalue weighted by molar-refractivity contribution is 7.09. The molecule has 0 spiro atoms. The van der Waals surface area contributed by atoms with Crippen LogP contribution in [0.5, 0.6) is 0 Å². The summed E-state index contributed by atoms with van der Waals surface area (Å²) in [5.41, 5.74) is 4.38. The second kappa shape index (κ2) is 19.9. The largest absolute Gasteiger partial charge is 0.444 e. The van der Waals surface area contributed by atoms with Crippen LogP contribution in [0.3, 0.4) is 0 Å². The summed E-state index contributed by atoms with van der Waals surface area (Å²) in [6.45, 7) is 10.7. The molecule has 0 saturated heterocycles. The number of ether oxygens (including phenoxy) is 1. The molecule has 13 heteroatoms. The third-order valence-corrected chi connectivity index (χ3v) is 10.4. The smallest absolute Gasteiger partial charge is 0.407 e. The van der Waals surface area contributed by atoms with Crippen molar-refractivity contribution in [2.24, 2.45) is 5.92 Å². The average Bonchev–Trinajstić information content (AvgIpc) is 3.82. The number of aromatic nitrogens is 2. The van der Waals surface area contributed by atoms with E-state index in [0.717, 1.165) is 26.7 Å².